The lowest BCUT2D eigenvalue weighted by Gasteiger charge is -2.31. The Hall–Kier alpha value is -0.860. The van der Waals surface area contributed by atoms with Gasteiger partial charge in [0.25, 0.3) is 0 Å². The van der Waals surface area contributed by atoms with Crippen LogP contribution in [0.5, 0.6) is 0 Å². The molecule has 2 heteroatoms. The Morgan fingerprint density at radius 3 is 2.44 bits per heavy atom. The summed E-state index contributed by atoms with van der Waals surface area (Å²) in [6.45, 7) is 1.80. The third-order valence-corrected chi connectivity index (χ3v) is 4.65. The van der Waals surface area contributed by atoms with E-state index in [9.17, 15) is 0 Å². The molecule has 18 heavy (non-hydrogen) atoms. The molecular weight excluding hydrogens is 222 g/mol. The zero-order valence-electron chi connectivity index (χ0n) is 11.0. The van der Waals surface area contributed by atoms with Crippen LogP contribution in [0, 0.1) is 0 Å². The minimum atomic E-state index is -0.0606. The smallest absolute Gasteiger partial charge is 0.0471 e. The van der Waals surface area contributed by atoms with Crippen LogP contribution in [0.25, 0.3) is 0 Å². The summed E-state index contributed by atoms with van der Waals surface area (Å²) >= 11 is 0. The number of nitrogens with two attached hydrogens (primary N) is 1. The molecule has 1 aliphatic heterocycles. The minimum absolute atomic E-state index is 0.0606. The van der Waals surface area contributed by atoms with Gasteiger partial charge in [-0.3, -0.25) is 0 Å². The Bertz CT molecular complexity index is 403. The molecule has 1 saturated heterocycles. The van der Waals surface area contributed by atoms with E-state index >= 15 is 0 Å². The Morgan fingerprint density at radius 2 is 1.72 bits per heavy atom. The molecule has 3 rings (SSSR count). The summed E-state index contributed by atoms with van der Waals surface area (Å²) < 4.78 is 5.48. The van der Waals surface area contributed by atoms with Crippen molar-refractivity contribution in [3.8, 4) is 0 Å². The van der Waals surface area contributed by atoms with E-state index < -0.39 is 0 Å². The van der Waals surface area contributed by atoms with E-state index in [0.717, 1.165) is 38.9 Å². The Balaban J connectivity index is 1.93. The first-order valence-corrected chi connectivity index (χ1v) is 7.26. The van der Waals surface area contributed by atoms with E-state index in [1.54, 1.807) is 0 Å². The highest BCUT2D eigenvalue weighted by Crippen LogP contribution is 2.41. The summed E-state index contributed by atoms with van der Waals surface area (Å²) in [5.74, 6) is 0.649. The van der Waals surface area contributed by atoms with Crippen molar-refractivity contribution in [1.82, 2.24) is 0 Å². The van der Waals surface area contributed by atoms with Crippen LogP contribution in [0.1, 0.15) is 55.6 Å². The number of hydrogen-bond donors (Lipinski definition) is 1. The Morgan fingerprint density at radius 1 is 1.06 bits per heavy atom. The molecule has 1 aromatic rings. The van der Waals surface area contributed by atoms with Gasteiger partial charge in [0, 0.05) is 18.8 Å². The van der Waals surface area contributed by atoms with Gasteiger partial charge in [0.2, 0.25) is 0 Å². The fourth-order valence-electron chi connectivity index (χ4n) is 3.59. The first-order valence-electron chi connectivity index (χ1n) is 7.26. The van der Waals surface area contributed by atoms with Crippen LogP contribution in [-0.2, 0) is 10.3 Å². The van der Waals surface area contributed by atoms with E-state index in [4.69, 9.17) is 10.5 Å². The molecule has 0 spiro atoms. The molecule has 2 aliphatic rings. The van der Waals surface area contributed by atoms with Gasteiger partial charge in [-0.25, -0.2) is 0 Å². The first kappa shape index (κ1) is 12.2. The molecular formula is C16H23NO. The van der Waals surface area contributed by atoms with E-state index in [-0.39, 0.29) is 5.54 Å². The molecule has 0 amide bonds. The van der Waals surface area contributed by atoms with Crippen LogP contribution in [0.4, 0.5) is 0 Å². The van der Waals surface area contributed by atoms with E-state index in [1.165, 1.54) is 24.0 Å². The van der Waals surface area contributed by atoms with Gasteiger partial charge in [0.15, 0.2) is 0 Å². The Labute approximate surface area is 110 Å². The third kappa shape index (κ3) is 2.19. The van der Waals surface area contributed by atoms with Crippen LogP contribution in [0.3, 0.4) is 0 Å². The van der Waals surface area contributed by atoms with Crippen molar-refractivity contribution in [3.05, 3.63) is 35.4 Å². The van der Waals surface area contributed by atoms with E-state index in [0.29, 0.717) is 5.92 Å². The van der Waals surface area contributed by atoms with Gasteiger partial charge < -0.3 is 10.5 Å². The highest BCUT2D eigenvalue weighted by Gasteiger charge is 2.34. The molecule has 1 aliphatic carbocycles. The summed E-state index contributed by atoms with van der Waals surface area (Å²) in [6, 6.07) is 8.85. The second kappa shape index (κ2) is 5.02. The van der Waals surface area contributed by atoms with Gasteiger partial charge in [0.05, 0.1) is 0 Å². The van der Waals surface area contributed by atoms with Crippen molar-refractivity contribution in [3.63, 3.8) is 0 Å². The molecule has 0 aromatic heterocycles. The van der Waals surface area contributed by atoms with Crippen LogP contribution in [0.2, 0.25) is 0 Å². The lowest BCUT2D eigenvalue weighted by atomic mass is 9.79. The standard InChI is InChI=1S/C16H23NO/c17-16(9-3-4-10-16)15-6-2-1-5-14(15)13-7-11-18-12-8-13/h1-2,5-6,13H,3-4,7-12,17H2. The van der Waals surface area contributed by atoms with Crippen molar-refractivity contribution in [2.75, 3.05) is 13.2 Å². The van der Waals surface area contributed by atoms with Crippen LogP contribution in [-0.4, -0.2) is 13.2 Å². The van der Waals surface area contributed by atoms with E-state index in [1.807, 2.05) is 0 Å². The SMILES string of the molecule is NC1(c2ccccc2C2CCOCC2)CCCC1. The third-order valence-electron chi connectivity index (χ3n) is 4.65. The number of ether oxygens (including phenoxy) is 1. The fraction of sp³-hybridized carbons (Fsp3) is 0.625. The molecule has 1 saturated carbocycles. The van der Waals surface area contributed by atoms with Gasteiger partial charge in [-0.1, -0.05) is 37.1 Å². The maximum atomic E-state index is 6.66. The van der Waals surface area contributed by atoms with Gasteiger partial charge in [-0.05, 0) is 42.7 Å². The molecule has 98 valence electrons. The highest BCUT2D eigenvalue weighted by atomic mass is 16.5. The van der Waals surface area contributed by atoms with Crippen molar-refractivity contribution >= 4 is 0 Å². The van der Waals surface area contributed by atoms with Crippen molar-refractivity contribution in [2.45, 2.75) is 50.0 Å². The minimum Gasteiger partial charge on any atom is -0.381 e. The van der Waals surface area contributed by atoms with Gasteiger partial charge in [0.1, 0.15) is 0 Å². The molecule has 0 unspecified atom stereocenters. The maximum absolute atomic E-state index is 6.66. The number of benzene rings is 1. The normalized spacial score (nSPS) is 24.3. The first-order chi connectivity index (χ1) is 8.80. The maximum Gasteiger partial charge on any atom is 0.0471 e. The predicted molar refractivity (Wildman–Crippen MR) is 73.6 cm³/mol. The molecule has 2 nitrogen and oxygen atoms in total. The lowest BCUT2D eigenvalue weighted by molar-refractivity contribution is 0.0849. The molecule has 0 radical (unpaired) electrons. The number of hydrogen-bond acceptors (Lipinski definition) is 2. The predicted octanol–water partition coefficient (Wildman–Crippen LogP) is 3.31. The molecule has 1 heterocycles. The number of rotatable bonds is 2. The average molecular weight is 245 g/mol. The molecule has 0 bridgehead atoms. The second-order valence-corrected chi connectivity index (χ2v) is 5.84. The summed E-state index contributed by atoms with van der Waals surface area (Å²) in [5.41, 5.74) is 9.50. The molecule has 2 fully saturated rings. The van der Waals surface area contributed by atoms with Gasteiger partial charge in [-0.15, -0.1) is 0 Å². The lowest BCUT2D eigenvalue weighted by Crippen LogP contribution is -2.35. The largest absolute Gasteiger partial charge is 0.381 e. The zero-order chi connectivity index (χ0) is 12.4. The van der Waals surface area contributed by atoms with Crippen LogP contribution in [0.15, 0.2) is 24.3 Å². The molecule has 1 aromatic carbocycles. The zero-order valence-corrected chi connectivity index (χ0v) is 11.0. The highest BCUT2D eigenvalue weighted by molar-refractivity contribution is 5.37. The summed E-state index contributed by atoms with van der Waals surface area (Å²) in [7, 11) is 0. The monoisotopic (exact) mass is 245 g/mol. The summed E-state index contributed by atoms with van der Waals surface area (Å²) in [4.78, 5) is 0. The van der Waals surface area contributed by atoms with Crippen LogP contribution >= 0.6 is 0 Å². The van der Waals surface area contributed by atoms with Crippen molar-refractivity contribution in [2.24, 2.45) is 5.73 Å². The topological polar surface area (TPSA) is 35.2 Å². The Kier molecular flexibility index (Phi) is 3.40. The summed E-state index contributed by atoms with van der Waals surface area (Å²) in [6.07, 6.45) is 7.14. The quantitative estimate of drug-likeness (QED) is 0.867. The average Bonchev–Trinajstić information content (AvgIpc) is 2.88. The van der Waals surface area contributed by atoms with Gasteiger partial charge in [-0.2, -0.15) is 0 Å². The van der Waals surface area contributed by atoms with Crippen LogP contribution < -0.4 is 5.73 Å². The van der Waals surface area contributed by atoms with E-state index in [2.05, 4.69) is 24.3 Å². The second-order valence-electron chi connectivity index (χ2n) is 5.84. The van der Waals surface area contributed by atoms with Crippen molar-refractivity contribution in [1.29, 1.82) is 0 Å². The fourth-order valence-corrected chi connectivity index (χ4v) is 3.59. The summed E-state index contributed by atoms with van der Waals surface area (Å²) in [5, 5.41) is 0. The van der Waals surface area contributed by atoms with Crippen molar-refractivity contribution < 1.29 is 4.74 Å². The molecule has 0 atom stereocenters. The van der Waals surface area contributed by atoms with Gasteiger partial charge >= 0.3 is 0 Å². The molecule has 2 N–H and O–H groups in total.